The molecule has 0 unspecified atom stereocenters. The summed E-state index contributed by atoms with van der Waals surface area (Å²) in [5.74, 6) is 3.72. The Labute approximate surface area is 221 Å². The van der Waals surface area contributed by atoms with Crippen LogP contribution < -0.4 is 4.74 Å². The third-order valence-electron chi connectivity index (χ3n) is 11.5. The lowest BCUT2D eigenvalue weighted by atomic mass is 9.43. The maximum atomic E-state index is 13.8. The predicted molar refractivity (Wildman–Crippen MR) is 143 cm³/mol. The van der Waals surface area contributed by atoms with E-state index >= 15 is 0 Å². The molecule has 0 spiro atoms. The van der Waals surface area contributed by atoms with Crippen molar-refractivity contribution < 1.29 is 19.4 Å². The molecule has 1 aromatic heterocycles. The fraction of sp³-hybridized carbons (Fsp3) is 0.742. The summed E-state index contributed by atoms with van der Waals surface area (Å²) in [5.41, 5.74) is 0.598. The number of benzene rings is 1. The number of hydrogen-bond donors (Lipinski definition) is 1. The maximum absolute atomic E-state index is 13.8. The fourth-order valence-corrected chi connectivity index (χ4v) is 9.91. The third-order valence-corrected chi connectivity index (χ3v) is 11.5. The quantitative estimate of drug-likeness (QED) is 0.546. The molecule has 1 heterocycles. The standard InChI is InChI=1S/C31H44N2O4/c1-29(35)14-15-31(19-36-3)20(16-29)8-9-21-23-10-11-25(30(23,2)13-12-24(21)31)27(34)18-33-17-22-26(32-33)6-5-7-28(22)37-4/h5-7,17,20-21,23-25,35H,8-16,18-19H2,1-4H3/t20-,21+,23+,24+,25-,29-,30+,31-/m1/s1. The van der Waals surface area contributed by atoms with Crippen LogP contribution in [0.3, 0.4) is 0 Å². The van der Waals surface area contributed by atoms with Gasteiger partial charge in [0.25, 0.3) is 0 Å². The van der Waals surface area contributed by atoms with Crippen LogP contribution in [-0.2, 0) is 16.1 Å². The number of methoxy groups -OCH3 is 2. The lowest BCUT2D eigenvalue weighted by Gasteiger charge is -2.62. The van der Waals surface area contributed by atoms with Crippen LogP contribution in [0.5, 0.6) is 5.75 Å². The van der Waals surface area contributed by atoms with Gasteiger partial charge in [-0.3, -0.25) is 9.48 Å². The first-order chi connectivity index (χ1) is 17.7. The molecule has 6 heteroatoms. The van der Waals surface area contributed by atoms with E-state index in [-0.39, 0.29) is 16.7 Å². The average molecular weight is 509 g/mol. The molecule has 202 valence electrons. The zero-order valence-corrected chi connectivity index (χ0v) is 23.0. The molecular weight excluding hydrogens is 464 g/mol. The van der Waals surface area contributed by atoms with Gasteiger partial charge in [0.05, 0.1) is 36.8 Å². The molecule has 0 radical (unpaired) electrons. The van der Waals surface area contributed by atoms with E-state index in [1.54, 1.807) is 7.11 Å². The largest absolute Gasteiger partial charge is 0.496 e. The van der Waals surface area contributed by atoms with Crippen LogP contribution in [0.2, 0.25) is 0 Å². The summed E-state index contributed by atoms with van der Waals surface area (Å²) >= 11 is 0. The number of aromatic nitrogens is 2. The highest BCUT2D eigenvalue weighted by Crippen LogP contribution is 2.68. The van der Waals surface area contributed by atoms with Crippen LogP contribution in [-0.4, -0.2) is 47.1 Å². The molecule has 6 nitrogen and oxygen atoms in total. The van der Waals surface area contributed by atoms with E-state index in [4.69, 9.17) is 14.6 Å². The molecule has 0 aliphatic heterocycles. The Hall–Kier alpha value is -1.92. The first-order valence-electron chi connectivity index (χ1n) is 14.4. The molecule has 4 aliphatic rings. The number of aliphatic hydroxyl groups is 1. The van der Waals surface area contributed by atoms with Gasteiger partial charge in [0.15, 0.2) is 5.78 Å². The van der Waals surface area contributed by atoms with Crippen LogP contribution in [0.15, 0.2) is 24.4 Å². The Morgan fingerprint density at radius 1 is 1.08 bits per heavy atom. The molecule has 0 amide bonds. The van der Waals surface area contributed by atoms with Crippen molar-refractivity contribution in [2.75, 3.05) is 20.8 Å². The zero-order valence-electron chi connectivity index (χ0n) is 23.0. The summed E-state index contributed by atoms with van der Waals surface area (Å²) in [6, 6.07) is 5.86. The lowest BCUT2D eigenvalue weighted by molar-refractivity contribution is -0.175. The monoisotopic (exact) mass is 508 g/mol. The lowest BCUT2D eigenvalue weighted by Crippen LogP contribution is -2.58. The van der Waals surface area contributed by atoms with Crippen molar-refractivity contribution in [1.82, 2.24) is 9.78 Å². The Morgan fingerprint density at radius 3 is 2.70 bits per heavy atom. The molecule has 1 aromatic carbocycles. The fourth-order valence-electron chi connectivity index (χ4n) is 9.91. The summed E-state index contributed by atoms with van der Waals surface area (Å²) in [6.07, 6.45) is 11.7. The van der Waals surface area contributed by atoms with Gasteiger partial charge in [0, 0.05) is 19.2 Å². The van der Waals surface area contributed by atoms with Gasteiger partial charge in [-0.15, -0.1) is 0 Å². The van der Waals surface area contributed by atoms with Gasteiger partial charge in [0.2, 0.25) is 0 Å². The number of nitrogens with zero attached hydrogens (tertiary/aromatic N) is 2. The summed E-state index contributed by atoms with van der Waals surface area (Å²) in [5, 5.41) is 16.5. The van der Waals surface area contributed by atoms with Crippen molar-refractivity contribution >= 4 is 16.7 Å². The Morgan fingerprint density at radius 2 is 1.92 bits per heavy atom. The third kappa shape index (κ3) is 3.96. The molecule has 0 saturated heterocycles. The zero-order chi connectivity index (χ0) is 26.0. The van der Waals surface area contributed by atoms with Crippen molar-refractivity contribution in [3.05, 3.63) is 24.4 Å². The summed E-state index contributed by atoms with van der Waals surface area (Å²) < 4.78 is 13.2. The smallest absolute Gasteiger partial charge is 0.157 e. The summed E-state index contributed by atoms with van der Waals surface area (Å²) in [4.78, 5) is 13.8. The highest BCUT2D eigenvalue weighted by atomic mass is 16.5. The first-order valence-corrected chi connectivity index (χ1v) is 14.4. The van der Waals surface area contributed by atoms with Gasteiger partial charge in [0.1, 0.15) is 5.75 Å². The summed E-state index contributed by atoms with van der Waals surface area (Å²) in [6.45, 7) is 5.60. The van der Waals surface area contributed by atoms with E-state index in [9.17, 15) is 9.90 Å². The second kappa shape index (κ2) is 9.08. The number of ether oxygens (including phenoxy) is 2. The van der Waals surface area contributed by atoms with E-state index in [0.717, 1.165) is 61.8 Å². The number of Topliss-reactive ketones (excluding diaryl/α,β-unsaturated/α-hetero) is 1. The number of rotatable bonds is 6. The van der Waals surface area contributed by atoms with E-state index in [2.05, 4.69) is 6.92 Å². The van der Waals surface area contributed by atoms with Crippen LogP contribution in [0.1, 0.15) is 71.6 Å². The van der Waals surface area contributed by atoms with E-state index in [0.29, 0.717) is 36.0 Å². The highest BCUT2D eigenvalue weighted by Gasteiger charge is 2.63. The molecule has 6 rings (SSSR count). The van der Waals surface area contributed by atoms with Crippen molar-refractivity contribution in [2.24, 2.45) is 40.4 Å². The molecule has 2 aromatic rings. The van der Waals surface area contributed by atoms with Gasteiger partial charge >= 0.3 is 0 Å². The van der Waals surface area contributed by atoms with Crippen LogP contribution in [0, 0.1) is 40.4 Å². The predicted octanol–water partition coefficient (Wildman–Crippen LogP) is 5.65. The van der Waals surface area contributed by atoms with Crippen LogP contribution in [0.25, 0.3) is 10.9 Å². The Bertz CT molecular complexity index is 1170. The summed E-state index contributed by atoms with van der Waals surface area (Å²) in [7, 11) is 3.53. The Kier molecular flexibility index (Phi) is 6.23. The van der Waals surface area contributed by atoms with Gasteiger partial charge in [-0.05, 0) is 111 Å². The molecule has 4 fully saturated rings. The van der Waals surface area contributed by atoms with Crippen molar-refractivity contribution in [2.45, 2.75) is 83.8 Å². The molecule has 4 aliphatic carbocycles. The Balaban J connectivity index is 1.22. The number of carbonyl (C=O) groups is 1. The average Bonchev–Trinajstić information content (AvgIpc) is 3.44. The molecule has 1 N–H and O–H groups in total. The number of carbonyl (C=O) groups excluding carboxylic acids is 1. The highest BCUT2D eigenvalue weighted by molar-refractivity contribution is 5.86. The van der Waals surface area contributed by atoms with Crippen LogP contribution in [0.4, 0.5) is 0 Å². The first kappa shape index (κ1) is 25.4. The maximum Gasteiger partial charge on any atom is 0.157 e. The molecule has 8 atom stereocenters. The van der Waals surface area contributed by atoms with E-state index in [1.807, 2.05) is 43.1 Å². The number of hydrogen-bond acceptors (Lipinski definition) is 5. The molecule has 4 saturated carbocycles. The number of ketones is 1. The second-order valence-electron chi connectivity index (χ2n) is 13.4. The minimum Gasteiger partial charge on any atom is -0.496 e. The van der Waals surface area contributed by atoms with E-state index in [1.165, 1.54) is 19.3 Å². The van der Waals surface area contributed by atoms with Gasteiger partial charge in [-0.1, -0.05) is 13.0 Å². The van der Waals surface area contributed by atoms with Gasteiger partial charge in [-0.25, -0.2) is 0 Å². The SMILES string of the molecule is COC[C@]12CC[C@@](C)(O)C[C@H]1CC[C@H]1[C@@H]3CC[C@H](C(=O)Cn4cc5c(OC)cccc5n4)[C@@]3(C)CC[C@@H]12. The minimum absolute atomic E-state index is 0.0732. The molecular formula is C31H44N2O4. The van der Waals surface area contributed by atoms with Crippen LogP contribution >= 0.6 is 0 Å². The number of fused-ring (bicyclic) bond motifs is 6. The second-order valence-corrected chi connectivity index (χ2v) is 13.4. The molecule has 0 bridgehead atoms. The van der Waals surface area contributed by atoms with Crippen molar-refractivity contribution in [3.8, 4) is 5.75 Å². The van der Waals surface area contributed by atoms with Crippen molar-refractivity contribution in [1.29, 1.82) is 0 Å². The topological polar surface area (TPSA) is 73.6 Å². The minimum atomic E-state index is -0.538. The van der Waals surface area contributed by atoms with E-state index < -0.39 is 5.60 Å². The van der Waals surface area contributed by atoms with Gasteiger partial charge in [-0.2, -0.15) is 5.10 Å². The van der Waals surface area contributed by atoms with Crippen molar-refractivity contribution in [3.63, 3.8) is 0 Å². The molecule has 37 heavy (non-hydrogen) atoms. The normalized spacial score (nSPS) is 41.2. The van der Waals surface area contributed by atoms with Gasteiger partial charge < -0.3 is 14.6 Å².